The van der Waals surface area contributed by atoms with Crippen molar-refractivity contribution in [3.63, 3.8) is 0 Å². The Balaban J connectivity index is 1.39. The highest BCUT2D eigenvalue weighted by Gasteiger charge is 2.35. The van der Waals surface area contributed by atoms with Crippen LogP contribution in [-0.2, 0) is 17.6 Å². The summed E-state index contributed by atoms with van der Waals surface area (Å²) in [5.41, 5.74) is 1.88. The van der Waals surface area contributed by atoms with Crippen molar-refractivity contribution in [2.45, 2.75) is 71.8 Å². The van der Waals surface area contributed by atoms with Gasteiger partial charge in [-0.15, -0.1) is 21.5 Å². The molecule has 0 saturated heterocycles. The molecule has 3 aliphatic rings. The van der Waals surface area contributed by atoms with Gasteiger partial charge in [-0.2, -0.15) is 0 Å². The van der Waals surface area contributed by atoms with E-state index in [0.717, 1.165) is 61.7 Å². The number of hydrogen-bond donors (Lipinski definition) is 3. The summed E-state index contributed by atoms with van der Waals surface area (Å²) in [6, 6.07) is 0.173. The molecule has 1 atom stereocenters. The standard InChI is InChI=1S/C24H34N6O2S/c1-24(2,3)12-26-23-29-27-13-30(23)16-8-9-18-17(10-16)19(21(32)25-11-14-4-5-14)22(33-18)28-20(31)15-6-7-15/h13-16H,4-12H2,1-3H3,(H,25,32)(H,26,29)(H,28,31)/t16-/m1/s1. The largest absolute Gasteiger partial charge is 0.354 e. The van der Waals surface area contributed by atoms with E-state index in [1.165, 1.54) is 17.7 Å². The van der Waals surface area contributed by atoms with Crippen LogP contribution in [0.2, 0.25) is 0 Å². The second kappa shape index (κ2) is 8.74. The van der Waals surface area contributed by atoms with Gasteiger partial charge < -0.3 is 16.0 Å². The number of nitrogens with zero attached hydrogens (tertiary/aromatic N) is 3. The second-order valence-corrected chi connectivity index (χ2v) is 12.1. The lowest BCUT2D eigenvalue weighted by Gasteiger charge is -2.26. The Labute approximate surface area is 198 Å². The topological polar surface area (TPSA) is 101 Å². The fourth-order valence-electron chi connectivity index (χ4n) is 4.32. The number of hydrogen-bond acceptors (Lipinski definition) is 6. The highest BCUT2D eigenvalue weighted by molar-refractivity contribution is 7.17. The fourth-order valence-corrected chi connectivity index (χ4v) is 5.56. The number of anilines is 2. The molecule has 2 heterocycles. The lowest BCUT2D eigenvalue weighted by Crippen LogP contribution is -2.29. The molecule has 2 aromatic rings. The van der Waals surface area contributed by atoms with Gasteiger partial charge in [0.05, 0.1) is 5.56 Å². The Morgan fingerprint density at radius 3 is 2.67 bits per heavy atom. The molecule has 0 radical (unpaired) electrons. The summed E-state index contributed by atoms with van der Waals surface area (Å²) in [5, 5.41) is 18.8. The van der Waals surface area contributed by atoms with Crippen molar-refractivity contribution in [3.8, 4) is 0 Å². The zero-order chi connectivity index (χ0) is 23.2. The highest BCUT2D eigenvalue weighted by atomic mass is 32.1. The number of aromatic nitrogens is 3. The van der Waals surface area contributed by atoms with Crippen LogP contribution in [0, 0.1) is 17.3 Å². The number of fused-ring (bicyclic) bond motifs is 1. The van der Waals surface area contributed by atoms with Crippen LogP contribution in [0.25, 0.3) is 0 Å². The zero-order valence-electron chi connectivity index (χ0n) is 19.7. The van der Waals surface area contributed by atoms with Gasteiger partial charge in [0.1, 0.15) is 11.3 Å². The van der Waals surface area contributed by atoms with Crippen LogP contribution in [0.3, 0.4) is 0 Å². The van der Waals surface area contributed by atoms with Crippen LogP contribution < -0.4 is 16.0 Å². The number of carbonyl (C=O) groups is 2. The SMILES string of the molecule is CC(C)(C)CNc1nncn1[C@@H]1CCc2sc(NC(=O)C3CC3)c(C(=O)NCC3CC3)c2C1. The van der Waals surface area contributed by atoms with E-state index in [9.17, 15) is 9.59 Å². The molecule has 2 saturated carbocycles. The highest BCUT2D eigenvalue weighted by Crippen LogP contribution is 2.42. The second-order valence-electron chi connectivity index (χ2n) is 11.0. The number of nitrogens with one attached hydrogen (secondary N) is 3. The first-order valence-electron chi connectivity index (χ1n) is 12.2. The van der Waals surface area contributed by atoms with Gasteiger partial charge in [0, 0.05) is 29.9 Å². The molecule has 0 aromatic carbocycles. The molecular weight excluding hydrogens is 436 g/mol. The minimum atomic E-state index is -0.0546. The average molecular weight is 471 g/mol. The molecule has 3 aliphatic carbocycles. The molecule has 3 N–H and O–H groups in total. The van der Waals surface area contributed by atoms with E-state index in [4.69, 9.17) is 0 Å². The maximum absolute atomic E-state index is 13.3. The summed E-state index contributed by atoms with van der Waals surface area (Å²) < 4.78 is 2.11. The molecule has 0 aliphatic heterocycles. The molecule has 33 heavy (non-hydrogen) atoms. The molecule has 2 amide bonds. The normalized spacial score (nSPS) is 20.3. The number of aryl methyl sites for hydroxylation is 1. The van der Waals surface area contributed by atoms with Crippen LogP contribution in [0.4, 0.5) is 10.9 Å². The maximum Gasteiger partial charge on any atom is 0.254 e. The van der Waals surface area contributed by atoms with Gasteiger partial charge >= 0.3 is 0 Å². The first-order valence-corrected chi connectivity index (χ1v) is 13.0. The van der Waals surface area contributed by atoms with Gasteiger partial charge in [0.15, 0.2) is 0 Å². The van der Waals surface area contributed by atoms with Crippen molar-refractivity contribution >= 4 is 34.1 Å². The summed E-state index contributed by atoms with van der Waals surface area (Å²) >= 11 is 1.58. The average Bonchev–Trinajstić information content (AvgIpc) is 3.69. The Bertz CT molecular complexity index is 1040. The maximum atomic E-state index is 13.3. The monoisotopic (exact) mass is 470 g/mol. The first-order chi connectivity index (χ1) is 15.8. The Morgan fingerprint density at radius 1 is 1.18 bits per heavy atom. The zero-order valence-corrected chi connectivity index (χ0v) is 20.6. The quantitative estimate of drug-likeness (QED) is 0.541. The van der Waals surface area contributed by atoms with Crippen molar-refractivity contribution in [1.29, 1.82) is 0 Å². The fraction of sp³-hybridized carbons (Fsp3) is 0.667. The molecule has 178 valence electrons. The third-order valence-corrected chi connectivity index (χ3v) is 7.85. The van der Waals surface area contributed by atoms with Crippen LogP contribution in [0.5, 0.6) is 0 Å². The molecule has 0 bridgehead atoms. The predicted molar refractivity (Wildman–Crippen MR) is 130 cm³/mol. The van der Waals surface area contributed by atoms with Gasteiger partial charge in [0.2, 0.25) is 11.9 Å². The van der Waals surface area contributed by atoms with Crippen LogP contribution >= 0.6 is 11.3 Å². The van der Waals surface area contributed by atoms with Crippen molar-refractivity contribution in [1.82, 2.24) is 20.1 Å². The summed E-state index contributed by atoms with van der Waals surface area (Å²) in [6.07, 6.45) is 8.62. The number of thiophene rings is 1. The predicted octanol–water partition coefficient (Wildman–Crippen LogP) is 4.02. The third-order valence-electron chi connectivity index (χ3n) is 6.64. The van der Waals surface area contributed by atoms with Gasteiger partial charge in [0.25, 0.3) is 5.91 Å². The van der Waals surface area contributed by atoms with Gasteiger partial charge in [-0.1, -0.05) is 20.8 Å². The molecule has 0 spiro atoms. The van der Waals surface area contributed by atoms with Crippen molar-refractivity contribution < 1.29 is 9.59 Å². The van der Waals surface area contributed by atoms with Gasteiger partial charge in [-0.05, 0) is 61.8 Å². The molecule has 0 unspecified atom stereocenters. The van der Waals surface area contributed by atoms with Gasteiger partial charge in [-0.3, -0.25) is 14.2 Å². The van der Waals surface area contributed by atoms with Gasteiger partial charge in [-0.25, -0.2) is 0 Å². The van der Waals surface area contributed by atoms with E-state index in [1.54, 1.807) is 17.7 Å². The lowest BCUT2D eigenvalue weighted by atomic mass is 9.91. The van der Waals surface area contributed by atoms with E-state index < -0.39 is 0 Å². The van der Waals surface area contributed by atoms with E-state index in [1.807, 2.05) is 0 Å². The van der Waals surface area contributed by atoms with E-state index in [2.05, 4.69) is 51.5 Å². The first kappa shape index (κ1) is 22.4. The number of rotatable bonds is 8. The number of amides is 2. The van der Waals surface area contributed by atoms with E-state index in [0.29, 0.717) is 11.5 Å². The molecule has 2 fully saturated rings. The van der Waals surface area contributed by atoms with Crippen LogP contribution in [0.1, 0.15) is 79.7 Å². The smallest absolute Gasteiger partial charge is 0.254 e. The summed E-state index contributed by atoms with van der Waals surface area (Å²) in [6.45, 7) is 8.07. The summed E-state index contributed by atoms with van der Waals surface area (Å²) in [5.74, 6) is 1.48. The minimum absolute atomic E-state index is 0.0499. The molecule has 9 heteroatoms. The molecular formula is C24H34N6O2S. The molecule has 8 nitrogen and oxygen atoms in total. The third kappa shape index (κ3) is 5.23. The Kier molecular flexibility index (Phi) is 5.93. The van der Waals surface area contributed by atoms with Crippen molar-refractivity contribution in [2.24, 2.45) is 17.3 Å². The lowest BCUT2D eigenvalue weighted by molar-refractivity contribution is -0.117. The number of carbonyl (C=O) groups excluding carboxylic acids is 2. The van der Waals surface area contributed by atoms with E-state index >= 15 is 0 Å². The van der Waals surface area contributed by atoms with Crippen molar-refractivity contribution in [2.75, 3.05) is 23.7 Å². The Morgan fingerprint density at radius 2 is 1.97 bits per heavy atom. The van der Waals surface area contributed by atoms with Crippen LogP contribution in [-0.4, -0.2) is 39.7 Å². The van der Waals surface area contributed by atoms with Crippen LogP contribution in [0.15, 0.2) is 6.33 Å². The van der Waals surface area contributed by atoms with Crippen molar-refractivity contribution in [3.05, 3.63) is 22.3 Å². The van der Waals surface area contributed by atoms with E-state index in [-0.39, 0.29) is 29.2 Å². The molecule has 5 rings (SSSR count). The summed E-state index contributed by atoms with van der Waals surface area (Å²) in [7, 11) is 0. The Hall–Kier alpha value is -2.42. The molecule has 2 aromatic heterocycles. The summed E-state index contributed by atoms with van der Waals surface area (Å²) in [4.78, 5) is 27.0. The minimum Gasteiger partial charge on any atom is -0.354 e.